The normalized spacial score (nSPS) is 12.4. The van der Waals surface area contributed by atoms with E-state index in [1.54, 1.807) is 12.5 Å². The molecule has 0 saturated heterocycles. The Morgan fingerprint density at radius 3 is 2.84 bits per heavy atom. The molecule has 0 aliphatic carbocycles. The number of rotatable bonds is 4. The van der Waals surface area contributed by atoms with Gasteiger partial charge >= 0.3 is 5.97 Å². The van der Waals surface area contributed by atoms with Crippen molar-refractivity contribution >= 4 is 51.2 Å². The maximum absolute atomic E-state index is 11.0. The third kappa shape index (κ3) is 3.30. The Morgan fingerprint density at radius 1 is 1.47 bits per heavy atom. The predicted molar refractivity (Wildman–Crippen MR) is 84.8 cm³/mol. The Labute approximate surface area is 128 Å². The van der Waals surface area contributed by atoms with Crippen LogP contribution in [0.25, 0.3) is 10.9 Å². The van der Waals surface area contributed by atoms with Crippen molar-refractivity contribution in [3.05, 3.63) is 33.5 Å². The lowest BCUT2D eigenvalue weighted by molar-refractivity contribution is -0.140. The van der Waals surface area contributed by atoms with Crippen LogP contribution in [-0.4, -0.2) is 27.8 Å². The standard InChI is InChI=1S/C13H12INO3S/c1-7-3-10(18-13(19-2)12(16)17)5-8-4-9(14)6-15-11(7)8/h3-6,13H,1-2H3,(H,16,17). The molecular formula is C13H12INO3S. The van der Waals surface area contributed by atoms with Crippen molar-refractivity contribution in [3.63, 3.8) is 0 Å². The second-order valence-electron chi connectivity index (χ2n) is 3.99. The Kier molecular flexibility index (Phi) is 4.51. The highest BCUT2D eigenvalue weighted by atomic mass is 127. The van der Waals surface area contributed by atoms with Crippen molar-refractivity contribution in [1.82, 2.24) is 4.98 Å². The van der Waals surface area contributed by atoms with Gasteiger partial charge in [-0.2, -0.15) is 0 Å². The van der Waals surface area contributed by atoms with E-state index in [9.17, 15) is 4.79 Å². The number of halogens is 1. The highest BCUT2D eigenvalue weighted by Gasteiger charge is 2.18. The Hall–Kier alpha value is -1.02. The van der Waals surface area contributed by atoms with Crippen LogP contribution in [0.5, 0.6) is 5.75 Å². The molecule has 1 heterocycles. The first-order valence-electron chi connectivity index (χ1n) is 5.49. The summed E-state index contributed by atoms with van der Waals surface area (Å²) in [5.41, 5.74) is 0.977. The molecule has 0 aliphatic heterocycles. The second-order valence-corrected chi connectivity index (χ2v) is 6.13. The van der Waals surface area contributed by atoms with Crippen LogP contribution in [0.3, 0.4) is 0 Å². The fourth-order valence-electron chi connectivity index (χ4n) is 1.76. The average Bonchev–Trinajstić information content (AvgIpc) is 2.35. The fourth-order valence-corrected chi connectivity index (χ4v) is 2.65. The van der Waals surface area contributed by atoms with Gasteiger partial charge in [0.1, 0.15) is 5.75 Å². The van der Waals surface area contributed by atoms with Gasteiger partial charge in [0.15, 0.2) is 0 Å². The van der Waals surface area contributed by atoms with Gasteiger partial charge in [0.25, 0.3) is 0 Å². The summed E-state index contributed by atoms with van der Waals surface area (Å²) >= 11 is 3.34. The van der Waals surface area contributed by atoms with Crippen LogP contribution in [0.15, 0.2) is 24.4 Å². The van der Waals surface area contributed by atoms with Crippen LogP contribution < -0.4 is 4.74 Å². The summed E-state index contributed by atoms with van der Waals surface area (Å²) in [4.78, 5) is 15.3. The molecule has 1 N–H and O–H groups in total. The fraction of sp³-hybridized carbons (Fsp3) is 0.231. The number of carboxylic acids is 1. The summed E-state index contributed by atoms with van der Waals surface area (Å²) in [5, 5.41) is 9.95. The molecule has 2 aromatic rings. The van der Waals surface area contributed by atoms with E-state index in [0.717, 1.165) is 31.8 Å². The molecule has 0 fully saturated rings. The van der Waals surface area contributed by atoms with Crippen molar-refractivity contribution in [1.29, 1.82) is 0 Å². The molecular weight excluding hydrogens is 377 g/mol. The molecule has 0 aliphatic rings. The van der Waals surface area contributed by atoms with Crippen molar-refractivity contribution < 1.29 is 14.6 Å². The lowest BCUT2D eigenvalue weighted by Gasteiger charge is -2.14. The van der Waals surface area contributed by atoms with E-state index >= 15 is 0 Å². The molecule has 1 aromatic carbocycles. The minimum absolute atomic E-state index is 0.551. The summed E-state index contributed by atoms with van der Waals surface area (Å²) in [6, 6.07) is 5.63. The number of aryl methyl sites for hydroxylation is 1. The van der Waals surface area contributed by atoms with Gasteiger partial charge in [0.2, 0.25) is 5.44 Å². The third-order valence-corrected chi connectivity index (χ3v) is 3.89. The molecule has 1 unspecified atom stereocenters. The largest absolute Gasteiger partial charge is 0.478 e. The molecule has 1 atom stereocenters. The van der Waals surface area contributed by atoms with Gasteiger partial charge < -0.3 is 9.84 Å². The van der Waals surface area contributed by atoms with Crippen LogP contribution in [0.1, 0.15) is 5.56 Å². The summed E-state index contributed by atoms with van der Waals surface area (Å²) in [7, 11) is 0. The molecule has 0 spiro atoms. The Bertz CT molecular complexity index is 633. The molecule has 2 rings (SSSR count). The zero-order valence-electron chi connectivity index (χ0n) is 10.4. The number of carboxylic acid groups (broad SMARTS) is 1. The van der Waals surface area contributed by atoms with E-state index in [4.69, 9.17) is 9.84 Å². The lowest BCUT2D eigenvalue weighted by Crippen LogP contribution is -2.22. The van der Waals surface area contributed by atoms with Crippen molar-refractivity contribution in [2.75, 3.05) is 6.26 Å². The van der Waals surface area contributed by atoms with Crippen molar-refractivity contribution in [3.8, 4) is 5.75 Å². The summed E-state index contributed by atoms with van der Waals surface area (Å²) in [6.07, 6.45) is 3.51. The van der Waals surface area contributed by atoms with Crippen LogP contribution in [-0.2, 0) is 4.79 Å². The smallest absolute Gasteiger partial charge is 0.355 e. The summed E-state index contributed by atoms with van der Waals surface area (Å²) in [5.74, 6) is -0.429. The predicted octanol–water partition coefficient (Wildman–Crippen LogP) is 3.30. The number of aliphatic carboxylic acids is 1. The zero-order chi connectivity index (χ0) is 14.0. The first kappa shape index (κ1) is 14.4. The van der Waals surface area contributed by atoms with Gasteiger partial charge in [-0.15, -0.1) is 11.8 Å². The first-order valence-corrected chi connectivity index (χ1v) is 7.86. The Balaban J connectivity index is 2.42. The van der Waals surface area contributed by atoms with Crippen LogP contribution in [0.4, 0.5) is 0 Å². The molecule has 0 radical (unpaired) electrons. The summed E-state index contributed by atoms with van der Waals surface area (Å²) < 4.78 is 6.52. The van der Waals surface area contributed by atoms with E-state index in [1.165, 1.54) is 0 Å². The number of hydrogen-bond acceptors (Lipinski definition) is 4. The second kappa shape index (κ2) is 5.96. The third-order valence-electron chi connectivity index (χ3n) is 2.57. The monoisotopic (exact) mass is 389 g/mol. The molecule has 0 saturated carbocycles. The lowest BCUT2D eigenvalue weighted by atomic mass is 10.1. The average molecular weight is 389 g/mol. The number of fused-ring (bicyclic) bond motifs is 1. The summed E-state index contributed by atoms with van der Waals surface area (Å²) in [6.45, 7) is 1.93. The number of pyridine rings is 1. The van der Waals surface area contributed by atoms with Gasteiger partial charge in [-0.25, -0.2) is 4.79 Å². The molecule has 100 valence electrons. The molecule has 0 amide bonds. The van der Waals surface area contributed by atoms with Crippen molar-refractivity contribution in [2.45, 2.75) is 12.4 Å². The first-order chi connectivity index (χ1) is 9.01. The van der Waals surface area contributed by atoms with Gasteiger partial charge in [-0.3, -0.25) is 4.98 Å². The van der Waals surface area contributed by atoms with E-state index in [2.05, 4.69) is 27.6 Å². The van der Waals surface area contributed by atoms with Gasteiger partial charge in [-0.1, -0.05) is 0 Å². The van der Waals surface area contributed by atoms with Crippen molar-refractivity contribution in [2.24, 2.45) is 0 Å². The highest BCUT2D eigenvalue weighted by Crippen LogP contribution is 2.26. The SMILES string of the molecule is CSC(Oc1cc(C)c2ncc(I)cc2c1)C(=O)O. The molecule has 6 heteroatoms. The van der Waals surface area contributed by atoms with E-state index < -0.39 is 11.4 Å². The quantitative estimate of drug-likeness (QED) is 0.643. The maximum atomic E-state index is 11.0. The minimum atomic E-state index is -0.981. The van der Waals surface area contributed by atoms with E-state index in [-0.39, 0.29) is 0 Å². The van der Waals surface area contributed by atoms with Crippen LogP contribution in [0.2, 0.25) is 0 Å². The number of ether oxygens (including phenoxy) is 1. The Morgan fingerprint density at radius 2 is 2.21 bits per heavy atom. The molecule has 0 bridgehead atoms. The minimum Gasteiger partial charge on any atom is -0.478 e. The van der Waals surface area contributed by atoms with E-state index in [1.807, 2.05) is 25.1 Å². The highest BCUT2D eigenvalue weighted by molar-refractivity contribution is 14.1. The number of nitrogens with zero attached hydrogens (tertiary/aromatic N) is 1. The number of hydrogen-bond donors (Lipinski definition) is 1. The van der Waals surface area contributed by atoms with Gasteiger partial charge in [0, 0.05) is 15.2 Å². The van der Waals surface area contributed by atoms with E-state index in [0.29, 0.717) is 5.75 Å². The topological polar surface area (TPSA) is 59.4 Å². The van der Waals surface area contributed by atoms with Crippen LogP contribution >= 0.6 is 34.4 Å². The number of thioether (sulfide) groups is 1. The molecule has 19 heavy (non-hydrogen) atoms. The number of benzene rings is 1. The van der Waals surface area contributed by atoms with Gasteiger partial charge in [0.05, 0.1) is 5.52 Å². The van der Waals surface area contributed by atoms with Gasteiger partial charge in [-0.05, 0) is 59.5 Å². The molecule has 4 nitrogen and oxygen atoms in total. The van der Waals surface area contributed by atoms with Crippen LogP contribution in [0, 0.1) is 10.5 Å². The molecule has 1 aromatic heterocycles. The number of aromatic nitrogens is 1. The number of carbonyl (C=O) groups is 1. The maximum Gasteiger partial charge on any atom is 0.355 e. The zero-order valence-corrected chi connectivity index (χ0v) is 13.4.